The largest absolute Gasteiger partial charge is 0.474 e. The van der Waals surface area contributed by atoms with Gasteiger partial charge in [-0.25, -0.2) is 4.98 Å². The molecule has 0 bridgehead atoms. The molecule has 0 spiro atoms. The molecule has 1 aromatic rings. The van der Waals surface area contributed by atoms with E-state index in [1.54, 1.807) is 18.2 Å². The SMILES string of the molecule is CC1CC(Oc2cccc(C(=N)N)n2)CC(C)O1. The van der Waals surface area contributed by atoms with E-state index in [1.807, 2.05) is 13.8 Å². The van der Waals surface area contributed by atoms with Gasteiger partial charge < -0.3 is 15.2 Å². The first-order valence-corrected chi connectivity index (χ1v) is 6.18. The van der Waals surface area contributed by atoms with Gasteiger partial charge in [0, 0.05) is 18.9 Å². The van der Waals surface area contributed by atoms with Crippen LogP contribution >= 0.6 is 0 Å². The third kappa shape index (κ3) is 3.20. The van der Waals surface area contributed by atoms with Crippen LogP contribution in [0.1, 0.15) is 32.4 Å². The van der Waals surface area contributed by atoms with E-state index in [9.17, 15) is 0 Å². The van der Waals surface area contributed by atoms with E-state index >= 15 is 0 Å². The number of pyridine rings is 1. The van der Waals surface area contributed by atoms with Crippen LogP contribution in [0.15, 0.2) is 18.2 Å². The minimum atomic E-state index is -0.0471. The van der Waals surface area contributed by atoms with Gasteiger partial charge in [0.25, 0.3) is 0 Å². The van der Waals surface area contributed by atoms with Crippen molar-refractivity contribution in [2.24, 2.45) is 5.73 Å². The van der Waals surface area contributed by atoms with Gasteiger partial charge in [-0.05, 0) is 19.9 Å². The van der Waals surface area contributed by atoms with Crippen molar-refractivity contribution in [3.63, 3.8) is 0 Å². The van der Waals surface area contributed by atoms with Crippen LogP contribution in [0.3, 0.4) is 0 Å². The van der Waals surface area contributed by atoms with E-state index in [0.29, 0.717) is 11.6 Å². The molecule has 0 amide bonds. The molecule has 5 heteroatoms. The average molecular weight is 249 g/mol. The van der Waals surface area contributed by atoms with Crippen LogP contribution in [-0.4, -0.2) is 29.1 Å². The lowest BCUT2D eigenvalue weighted by molar-refractivity contribution is -0.0729. The highest BCUT2D eigenvalue weighted by Gasteiger charge is 2.26. The van der Waals surface area contributed by atoms with Gasteiger partial charge in [0.05, 0.1) is 12.2 Å². The Morgan fingerprint density at radius 1 is 1.39 bits per heavy atom. The molecule has 2 atom stereocenters. The summed E-state index contributed by atoms with van der Waals surface area (Å²) >= 11 is 0. The lowest BCUT2D eigenvalue weighted by Crippen LogP contribution is -2.35. The van der Waals surface area contributed by atoms with Crippen molar-refractivity contribution in [3.05, 3.63) is 23.9 Å². The molecular weight excluding hydrogens is 230 g/mol. The predicted octanol–water partition coefficient (Wildman–Crippen LogP) is 1.70. The molecule has 2 unspecified atom stereocenters. The van der Waals surface area contributed by atoms with Gasteiger partial charge in [-0.3, -0.25) is 5.41 Å². The number of amidine groups is 1. The maximum absolute atomic E-state index is 7.36. The number of rotatable bonds is 3. The molecule has 2 heterocycles. The molecular formula is C13H19N3O2. The molecule has 1 aliphatic heterocycles. The summed E-state index contributed by atoms with van der Waals surface area (Å²) in [6.07, 6.45) is 2.23. The second-order valence-electron chi connectivity index (χ2n) is 4.74. The first-order chi connectivity index (χ1) is 8.54. The zero-order valence-electron chi connectivity index (χ0n) is 10.7. The molecule has 5 nitrogen and oxygen atoms in total. The van der Waals surface area contributed by atoms with E-state index in [1.165, 1.54) is 0 Å². The second kappa shape index (κ2) is 5.35. The molecule has 3 N–H and O–H groups in total. The number of aromatic nitrogens is 1. The van der Waals surface area contributed by atoms with Gasteiger partial charge in [-0.2, -0.15) is 0 Å². The van der Waals surface area contributed by atoms with Gasteiger partial charge in [0.2, 0.25) is 5.88 Å². The van der Waals surface area contributed by atoms with Crippen molar-refractivity contribution < 1.29 is 9.47 Å². The number of hydrogen-bond donors (Lipinski definition) is 2. The van der Waals surface area contributed by atoms with Gasteiger partial charge in [-0.1, -0.05) is 6.07 Å². The Labute approximate surface area is 107 Å². The van der Waals surface area contributed by atoms with Crippen LogP contribution in [0.25, 0.3) is 0 Å². The van der Waals surface area contributed by atoms with Crippen LogP contribution in [-0.2, 0) is 4.74 Å². The van der Waals surface area contributed by atoms with Crippen molar-refractivity contribution in [2.45, 2.75) is 45.0 Å². The van der Waals surface area contributed by atoms with E-state index in [4.69, 9.17) is 20.6 Å². The Balaban J connectivity index is 2.04. The Morgan fingerprint density at radius 2 is 2.06 bits per heavy atom. The molecule has 2 rings (SSSR count). The van der Waals surface area contributed by atoms with E-state index < -0.39 is 0 Å². The van der Waals surface area contributed by atoms with Crippen molar-refractivity contribution in [1.82, 2.24) is 4.98 Å². The molecule has 0 saturated carbocycles. The molecule has 18 heavy (non-hydrogen) atoms. The normalized spacial score (nSPS) is 27.8. The fourth-order valence-electron chi connectivity index (χ4n) is 2.24. The highest BCUT2D eigenvalue weighted by atomic mass is 16.5. The summed E-state index contributed by atoms with van der Waals surface area (Å²) < 4.78 is 11.5. The Bertz CT molecular complexity index is 426. The number of nitrogens with one attached hydrogen (secondary N) is 1. The molecule has 0 radical (unpaired) electrons. The summed E-state index contributed by atoms with van der Waals surface area (Å²) in [5.74, 6) is 0.475. The number of hydrogen-bond acceptors (Lipinski definition) is 4. The fraction of sp³-hybridized carbons (Fsp3) is 0.538. The summed E-state index contributed by atoms with van der Waals surface area (Å²) in [6.45, 7) is 4.09. The summed E-state index contributed by atoms with van der Waals surface area (Å²) in [4.78, 5) is 4.20. The third-order valence-corrected chi connectivity index (χ3v) is 2.94. The van der Waals surface area contributed by atoms with E-state index in [-0.39, 0.29) is 24.1 Å². The molecule has 0 aromatic carbocycles. The summed E-state index contributed by atoms with van der Waals surface area (Å²) in [6, 6.07) is 5.28. The van der Waals surface area contributed by atoms with Crippen LogP contribution in [0.5, 0.6) is 5.88 Å². The van der Waals surface area contributed by atoms with Crippen molar-refractivity contribution in [1.29, 1.82) is 5.41 Å². The maximum atomic E-state index is 7.36. The minimum absolute atomic E-state index is 0.0471. The monoisotopic (exact) mass is 249 g/mol. The lowest BCUT2D eigenvalue weighted by atomic mass is 10.0. The summed E-state index contributed by atoms with van der Waals surface area (Å²) in [5.41, 5.74) is 5.85. The highest BCUT2D eigenvalue weighted by molar-refractivity contribution is 5.93. The van der Waals surface area contributed by atoms with Crippen LogP contribution in [0, 0.1) is 5.41 Å². The summed E-state index contributed by atoms with van der Waals surface area (Å²) in [7, 11) is 0. The van der Waals surface area contributed by atoms with Crippen molar-refractivity contribution in [3.8, 4) is 5.88 Å². The predicted molar refractivity (Wildman–Crippen MR) is 68.9 cm³/mol. The molecule has 1 fully saturated rings. The van der Waals surface area contributed by atoms with E-state index in [0.717, 1.165) is 12.8 Å². The smallest absolute Gasteiger partial charge is 0.214 e. The van der Waals surface area contributed by atoms with Crippen LogP contribution < -0.4 is 10.5 Å². The standard InChI is InChI=1S/C13H19N3O2/c1-8-6-10(7-9(2)17-8)18-12-5-3-4-11(16-12)13(14)15/h3-5,8-10H,6-7H2,1-2H3,(H3,14,15). The van der Waals surface area contributed by atoms with Crippen LogP contribution in [0.4, 0.5) is 0 Å². The molecule has 98 valence electrons. The topological polar surface area (TPSA) is 81.2 Å². The number of ether oxygens (including phenoxy) is 2. The first kappa shape index (κ1) is 12.8. The van der Waals surface area contributed by atoms with Gasteiger partial charge in [-0.15, -0.1) is 0 Å². The fourth-order valence-corrected chi connectivity index (χ4v) is 2.24. The number of nitrogen functional groups attached to an aromatic ring is 1. The maximum Gasteiger partial charge on any atom is 0.214 e. The third-order valence-electron chi connectivity index (χ3n) is 2.94. The second-order valence-corrected chi connectivity index (χ2v) is 4.74. The quantitative estimate of drug-likeness (QED) is 0.631. The van der Waals surface area contributed by atoms with Gasteiger partial charge in [0.15, 0.2) is 0 Å². The van der Waals surface area contributed by atoms with E-state index in [2.05, 4.69) is 4.98 Å². The van der Waals surface area contributed by atoms with Crippen LogP contribution in [0.2, 0.25) is 0 Å². The summed E-state index contributed by atoms with van der Waals surface area (Å²) in [5, 5.41) is 7.36. The van der Waals surface area contributed by atoms with Gasteiger partial charge >= 0.3 is 0 Å². The Morgan fingerprint density at radius 3 is 2.67 bits per heavy atom. The number of nitrogens with two attached hydrogens (primary N) is 1. The zero-order chi connectivity index (χ0) is 13.1. The van der Waals surface area contributed by atoms with Gasteiger partial charge in [0.1, 0.15) is 17.6 Å². The molecule has 0 aliphatic carbocycles. The first-order valence-electron chi connectivity index (χ1n) is 6.18. The Hall–Kier alpha value is -1.62. The zero-order valence-corrected chi connectivity index (χ0v) is 10.7. The average Bonchev–Trinajstić information content (AvgIpc) is 2.27. The molecule has 1 aromatic heterocycles. The lowest BCUT2D eigenvalue weighted by Gasteiger charge is -2.31. The molecule has 1 saturated heterocycles. The number of nitrogens with zero attached hydrogens (tertiary/aromatic N) is 1. The van der Waals surface area contributed by atoms with Crippen molar-refractivity contribution >= 4 is 5.84 Å². The van der Waals surface area contributed by atoms with Crippen molar-refractivity contribution in [2.75, 3.05) is 0 Å². The Kier molecular flexibility index (Phi) is 3.81. The minimum Gasteiger partial charge on any atom is -0.474 e. The highest BCUT2D eigenvalue weighted by Crippen LogP contribution is 2.23. The molecule has 1 aliphatic rings.